The fourth-order valence-corrected chi connectivity index (χ4v) is 2.33. The molecule has 0 aliphatic carbocycles. The normalized spacial score (nSPS) is 12.4. The van der Waals surface area contributed by atoms with Crippen molar-refractivity contribution in [2.75, 3.05) is 0 Å². The molecule has 20 heavy (non-hydrogen) atoms. The van der Waals surface area contributed by atoms with Gasteiger partial charge in [-0.3, -0.25) is 10.1 Å². The summed E-state index contributed by atoms with van der Waals surface area (Å²) in [5.41, 5.74) is 2.77. The van der Waals surface area contributed by atoms with Gasteiger partial charge in [0.2, 0.25) is 0 Å². The standard InChI is InChI=1S/C15H13N3O2/c1-11(12-5-3-2-4-6-12)17-10-16-14-9-13(18(19)20)7-8-15(14)17/h2-11H,1H3. The summed E-state index contributed by atoms with van der Waals surface area (Å²) in [5.74, 6) is 0. The first-order valence-corrected chi connectivity index (χ1v) is 6.33. The number of aromatic nitrogens is 2. The first-order chi connectivity index (χ1) is 9.66. The number of fused-ring (bicyclic) bond motifs is 1. The lowest BCUT2D eigenvalue weighted by molar-refractivity contribution is -0.384. The van der Waals surface area contributed by atoms with E-state index in [9.17, 15) is 10.1 Å². The third-order valence-corrected chi connectivity index (χ3v) is 3.47. The average Bonchev–Trinajstić information content (AvgIpc) is 2.90. The van der Waals surface area contributed by atoms with Crippen LogP contribution in [-0.2, 0) is 0 Å². The Bertz CT molecular complexity index is 765. The van der Waals surface area contributed by atoms with Gasteiger partial charge < -0.3 is 4.57 Å². The SMILES string of the molecule is CC(c1ccccc1)n1cnc2cc([N+](=O)[O-])ccc21. The average molecular weight is 267 g/mol. The van der Waals surface area contributed by atoms with E-state index in [2.05, 4.69) is 24.0 Å². The van der Waals surface area contributed by atoms with E-state index in [4.69, 9.17) is 0 Å². The number of imidazole rings is 1. The quantitative estimate of drug-likeness (QED) is 0.538. The Kier molecular flexibility index (Phi) is 2.95. The van der Waals surface area contributed by atoms with Crippen LogP contribution in [0.25, 0.3) is 11.0 Å². The largest absolute Gasteiger partial charge is 0.323 e. The Labute approximate surface area is 115 Å². The zero-order valence-electron chi connectivity index (χ0n) is 10.9. The highest BCUT2D eigenvalue weighted by Crippen LogP contribution is 2.25. The molecule has 1 heterocycles. The molecular formula is C15H13N3O2. The van der Waals surface area contributed by atoms with Crippen LogP contribution in [-0.4, -0.2) is 14.5 Å². The van der Waals surface area contributed by atoms with Gasteiger partial charge in [0.25, 0.3) is 5.69 Å². The van der Waals surface area contributed by atoms with Crippen molar-refractivity contribution >= 4 is 16.7 Å². The molecular weight excluding hydrogens is 254 g/mol. The second-order valence-electron chi connectivity index (χ2n) is 4.67. The number of nitro groups is 1. The molecule has 0 bridgehead atoms. The van der Waals surface area contributed by atoms with E-state index in [-0.39, 0.29) is 11.7 Å². The van der Waals surface area contributed by atoms with Crippen molar-refractivity contribution in [1.82, 2.24) is 9.55 Å². The first-order valence-electron chi connectivity index (χ1n) is 6.33. The maximum absolute atomic E-state index is 10.8. The number of nitro benzene ring substituents is 1. The minimum absolute atomic E-state index is 0.0649. The highest BCUT2D eigenvalue weighted by atomic mass is 16.6. The first kappa shape index (κ1) is 12.3. The minimum Gasteiger partial charge on any atom is -0.323 e. The predicted molar refractivity (Wildman–Crippen MR) is 76.6 cm³/mol. The molecule has 0 aliphatic heterocycles. The highest BCUT2D eigenvalue weighted by Gasteiger charge is 2.14. The van der Waals surface area contributed by atoms with Crippen molar-refractivity contribution in [1.29, 1.82) is 0 Å². The highest BCUT2D eigenvalue weighted by molar-refractivity contribution is 5.78. The summed E-state index contributed by atoms with van der Waals surface area (Å²) in [4.78, 5) is 14.6. The van der Waals surface area contributed by atoms with Gasteiger partial charge in [-0.2, -0.15) is 0 Å². The number of rotatable bonds is 3. The molecule has 1 aromatic heterocycles. The van der Waals surface area contributed by atoms with Crippen LogP contribution in [0.4, 0.5) is 5.69 Å². The van der Waals surface area contributed by atoms with Crippen LogP contribution in [0.1, 0.15) is 18.5 Å². The molecule has 0 saturated heterocycles. The lowest BCUT2D eigenvalue weighted by atomic mass is 10.1. The van der Waals surface area contributed by atoms with Crippen LogP contribution in [0.5, 0.6) is 0 Å². The van der Waals surface area contributed by atoms with E-state index in [1.807, 2.05) is 22.8 Å². The molecule has 1 unspecified atom stereocenters. The summed E-state index contributed by atoms with van der Waals surface area (Å²) >= 11 is 0. The summed E-state index contributed by atoms with van der Waals surface area (Å²) < 4.78 is 2.02. The molecule has 0 amide bonds. The maximum atomic E-state index is 10.8. The van der Waals surface area contributed by atoms with E-state index >= 15 is 0 Å². The van der Waals surface area contributed by atoms with E-state index in [0.717, 1.165) is 5.52 Å². The van der Waals surface area contributed by atoms with Gasteiger partial charge in [0.1, 0.15) is 0 Å². The molecule has 0 spiro atoms. The molecule has 2 aromatic carbocycles. The van der Waals surface area contributed by atoms with Crippen molar-refractivity contribution in [2.45, 2.75) is 13.0 Å². The van der Waals surface area contributed by atoms with E-state index in [1.54, 1.807) is 12.4 Å². The van der Waals surface area contributed by atoms with Crippen molar-refractivity contribution in [3.8, 4) is 0 Å². The third-order valence-electron chi connectivity index (χ3n) is 3.47. The molecule has 0 saturated carbocycles. The van der Waals surface area contributed by atoms with Crippen LogP contribution >= 0.6 is 0 Å². The molecule has 0 fully saturated rings. The van der Waals surface area contributed by atoms with Crippen molar-refractivity contribution in [2.24, 2.45) is 0 Å². The topological polar surface area (TPSA) is 61.0 Å². The Morgan fingerprint density at radius 2 is 1.95 bits per heavy atom. The van der Waals surface area contributed by atoms with Gasteiger partial charge in [0.05, 0.1) is 28.3 Å². The molecule has 3 rings (SSSR count). The van der Waals surface area contributed by atoms with Gasteiger partial charge in [0.15, 0.2) is 0 Å². The maximum Gasteiger partial charge on any atom is 0.271 e. The molecule has 5 nitrogen and oxygen atoms in total. The summed E-state index contributed by atoms with van der Waals surface area (Å²) in [6.07, 6.45) is 1.73. The van der Waals surface area contributed by atoms with Gasteiger partial charge in [-0.15, -0.1) is 0 Å². The number of hydrogen-bond donors (Lipinski definition) is 0. The number of benzene rings is 2. The number of non-ortho nitro benzene ring substituents is 1. The van der Waals surface area contributed by atoms with Gasteiger partial charge in [-0.1, -0.05) is 30.3 Å². The van der Waals surface area contributed by atoms with Crippen LogP contribution in [0, 0.1) is 10.1 Å². The van der Waals surface area contributed by atoms with Crippen molar-refractivity contribution in [3.05, 3.63) is 70.5 Å². The fraction of sp³-hybridized carbons (Fsp3) is 0.133. The second-order valence-corrected chi connectivity index (χ2v) is 4.67. The van der Waals surface area contributed by atoms with Crippen LogP contribution in [0.3, 0.4) is 0 Å². The van der Waals surface area contributed by atoms with Crippen molar-refractivity contribution < 1.29 is 4.92 Å². The summed E-state index contributed by atoms with van der Waals surface area (Å²) in [5, 5.41) is 10.8. The monoisotopic (exact) mass is 267 g/mol. The molecule has 0 N–H and O–H groups in total. The lowest BCUT2D eigenvalue weighted by Gasteiger charge is -2.14. The van der Waals surface area contributed by atoms with Gasteiger partial charge in [-0.25, -0.2) is 4.98 Å². The molecule has 1 atom stereocenters. The van der Waals surface area contributed by atoms with Crippen LogP contribution < -0.4 is 0 Å². The van der Waals surface area contributed by atoms with Crippen molar-refractivity contribution in [3.63, 3.8) is 0 Å². The third kappa shape index (κ3) is 2.03. The summed E-state index contributed by atoms with van der Waals surface area (Å²) in [7, 11) is 0. The Morgan fingerprint density at radius 3 is 2.65 bits per heavy atom. The zero-order chi connectivity index (χ0) is 14.1. The fourth-order valence-electron chi connectivity index (χ4n) is 2.33. The lowest BCUT2D eigenvalue weighted by Crippen LogP contribution is -2.05. The minimum atomic E-state index is -0.404. The van der Waals surface area contributed by atoms with Crippen LogP contribution in [0.2, 0.25) is 0 Å². The Balaban J connectivity index is 2.07. The van der Waals surface area contributed by atoms with Crippen LogP contribution in [0.15, 0.2) is 54.9 Å². The molecule has 100 valence electrons. The molecule has 5 heteroatoms. The van der Waals surface area contributed by atoms with Gasteiger partial charge in [-0.05, 0) is 18.6 Å². The number of nitrogens with zero attached hydrogens (tertiary/aromatic N) is 3. The van der Waals surface area contributed by atoms with E-state index in [1.165, 1.54) is 17.7 Å². The van der Waals surface area contributed by atoms with E-state index in [0.29, 0.717) is 5.52 Å². The smallest absolute Gasteiger partial charge is 0.271 e. The van der Waals surface area contributed by atoms with Gasteiger partial charge >= 0.3 is 0 Å². The Morgan fingerprint density at radius 1 is 1.20 bits per heavy atom. The Hall–Kier alpha value is -2.69. The number of hydrogen-bond acceptors (Lipinski definition) is 3. The van der Waals surface area contributed by atoms with Gasteiger partial charge in [0, 0.05) is 12.1 Å². The predicted octanol–water partition coefficient (Wildman–Crippen LogP) is 3.55. The zero-order valence-corrected chi connectivity index (χ0v) is 10.9. The molecule has 0 aliphatic rings. The molecule has 0 radical (unpaired) electrons. The van der Waals surface area contributed by atoms with E-state index < -0.39 is 4.92 Å². The molecule has 3 aromatic rings. The second kappa shape index (κ2) is 4.77. The summed E-state index contributed by atoms with van der Waals surface area (Å²) in [6, 6.07) is 15.0. The summed E-state index contributed by atoms with van der Waals surface area (Å²) in [6.45, 7) is 2.08.